The second kappa shape index (κ2) is 10.5. The molecule has 0 spiro atoms. The minimum atomic E-state index is -0.868. The maximum absolute atomic E-state index is 11.4. The summed E-state index contributed by atoms with van der Waals surface area (Å²) >= 11 is 0. The third-order valence-electron chi connectivity index (χ3n) is 4.98. The molecular formula is C25H19N4O4P. The van der Waals surface area contributed by atoms with Crippen LogP contribution in [0.4, 0.5) is 17.1 Å². The van der Waals surface area contributed by atoms with Gasteiger partial charge in [0.15, 0.2) is 0 Å². The van der Waals surface area contributed by atoms with Crippen molar-refractivity contribution in [3.63, 3.8) is 0 Å². The van der Waals surface area contributed by atoms with E-state index >= 15 is 0 Å². The predicted octanol–water partition coefficient (Wildman–Crippen LogP) is 4.71. The highest BCUT2D eigenvalue weighted by atomic mass is 31.1. The van der Waals surface area contributed by atoms with Gasteiger partial charge in [0.05, 0.1) is 22.1 Å². The van der Waals surface area contributed by atoms with Crippen LogP contribution in [0.2, 0.25) is 0 Å². The third kappa shape index (κ3) is 5.14. The highest BCUT2D eigenvalue weighted by Gasteiger charge is 2.20. The molecule has 0 saturated heterocycles. The standard InChI is InChI=1S/C25H19N4O4P/c30-28(31)20-15-16-23(24(17-20)29(32)33)27-26-18-19-9-7-8-14-25(19)34(21-10-3-1-4-11-21)22-12-5-2-6-13-22/h1-18,27H. The van der Waals surface area contributed by atoms with E-state index in [4.69, 9.17) is 0 Å². The highest BCUT2D eigenvalue weighted by Crippen LogP contribution is 2.34. The Bertz CT molecular complexity index is 1310. The van der Waals surface area contributed by atoms with E-state index in [-0.39, 0.29) is 11.4 Å². The highest BCUT2D eigenvalue weighted by molar-refractivity contribution is 7.80. The lowest BCUT2D eigenvalue weighted by molar-refractivity contribution is -0.393. The van der Waals surface area contributed by atoms with Crippen molar-refractivity contribution in [2.75, 3.05) is 5.43 Å². The summed E-state index contributed by atoms with van der Waals surface area (Å²) in [5.74, 6) is 0. The Hall–Kier alpha value is -4.42. The van der Waals surface area contributed by atoms with Gasteiger partial charge in [0.1, 0.15) is 5.69 Å². The maximum atomic E-state index is 11.4. The van der Waals surface area contributed by atoms with Crippen molar-refractivity contribution in [1.82, 2.24) is 0 Å². The van der Waals surface area contributed by atoms with Crippen LogP contribution in [-0.2, 0) is 0 Å². The first-order valence-electron chi connectivity index (χ1n) is 10.3. The molecule has 34 heavy (non-hydrogen) atoms. The van der Waals surface area contributed by atoms with Gasteiger partial charge in [-0.15, -0.1) is 0 Å². The maximum Gasteiger partial charge on any atom is 0.301 e. The van der Waals surface area contributed by atoms with Crippen molar-refractivity contribution in [1.29, 1.82) is 0 Å². The Morgan fingerprint density at radius 2 is 1.32 bits per heavy atom. The second-order valence-electron chi connectivity index (χ2n) is 7.15. The van der Waals surface area contributed by atoms with Gasteiger partial charge < -0.3 is 0 Å². The fourth-order valence-corrected chi connectivity index (χ4v) is 5.85. The zero-order valence-electron chi connectivity index (χ0n) is 17.8. The Balaban J connectivity index is 1.69. The van der Waals surface area contributed by atoms with E-state index in [1.807, 2.05) is 54.6 Å². The molecule has 0 aliphatic carbocycles. The largest absolute Gasteiger partial charge is 0.301 e. The first kappa shape index (κ1) is 22.8. The number of benzene rings is 4. The minimum Gasteiger partial charge on any atom is -0.272 e. The molecule has 0 aliphatic heterocycles. The number of nitrogens with one attached hydrogen (secondary N) is 1. The lowest BCUT2D eigenvalue weighted by Crippen LogP contribution is -2.23. The van der Waals surface area contributed by atoms with Crippen molar-refractivity contribution < 1.29 is 9.85 Å². The van der Waals surface area contributed by atoms with Gasteiger partial charge in [0, 0.05) is 11.6 Å². The van der Waals surface area contributed by atoms with Crippen LogP contribution in [0.3, 0.4) is 0 Å². The molecule has 0 aliphatic rings. The number of nitro groups is 2. The van der Waals surface area contributed by atoms with E-state index in [0.29, 0.717) is 0 Å². The smallest absolute Gasteiger partial charge is 0.272 e. The second-order valence-corrected chi connectivity index (χ2v) is 9.34. The molecule has 0 fully saturated rings. The molecule has 0 saturated carbocycles. The quantitative estimate of drug-likeness (QED) is 0.174. The molecular weight excluding hydrogens is 451 g/mol. The molecule has 9 heteroatoms. The summed E-state index contributed by atoms with van der Waals surface area (Å²) in [6, 6.07) is 31.7. The molecule has 1 N–H and O–H groups in total. The first-order valence-corrected chi connectivity index (χ1v) is 11.6. The van der Waals surface area contributed by atoms with Crippen LogP contribution < -0.4 is 21.3 Å². The summed E-state index contributed by atoms with van der Waals surface area (Å²) in [4.78, 5) is 21.0. The van der Waals surface area contributed by atoms with E-state index < -0.39 is 23.5 Å². The van der Waals surface area contributed by atoms with Gasteiger partial charge in [-0.05, 0) is 29.9 Å². The number of hydrogen-bond acceptors (Lipinski definition) is 6. The van der Waals surface area contributed by atoms with Crippen LogP contribution in [0.5, 0.6) is 0 Å². The zero-order chi connectivity index (χ0) is 23.9. The fraction of sp³-hybridized carbons (Fsp3) is 0. The topological polar surface area (TPSA) is 111 Å². The van der Waals surface area contributed by atoms with Crippen molar-refractivity contribution in [3.8, 4) is 0 Å². The molecule has 0 unspecified atom stereocenters. The van der Waals surface area contributed by atoms with E-state index in [1.165, 1.54) is 22.7 Å². The number of hydrazone groups is 1. The van der Waals surface area contributed by atoms with Crippen LogP contribution >= 0.6 is 7.92 Å². The molecule has 4 aromatic carbocycles. The summed E-state index contributed by atoms with van der Waals surface area (Å²) in [6.45, 7) is 0. The van der Waals surface area contributed by atoms with Crippen LogP contribution in [0.15, 0.2) is 108 Å². The summed E-state index contributed by atoms with van der Waals surface area (Å²) in [6.07, 6.45) is 1.61. The first-order chi connectivity index (χ1) is 16.5. The number of hydrogen-bond donors (Lipinski definition) is 1. The summed E-state index contributed by atoms with van der Waals surface area (Å²) in [5.41, 5.74) is 2.81. The summed E-state index contributed by atoms with van der Waals surface area (Å²) in [5, 5.41) is 30.0. The number of anilines is 1. The lowest BCUT2D eigenvalue weighted by atomic mass is 10.2. The van der Waals surface area contributed by atoms with Crippen LogP contribution in [0.25, 0.3) is 0 Å². The van der Waals surface area contributed by atoms with E-state index in [2.05, 4.69) is 40.9 Å². The monoisotopic (exact) mass is 470 g/mol. The lowest BCUT2D eigenvalue weighted by Gasteiger charge is -2.21. The number of nitrogens with zero attached hydrogens (tertiary/aromatic N) is 3. The van der Waals surface area contributed by atoms with Gasteiger partial charge in [-0.2, -0.15) is 5.10 Å². The minimum absolute atomic E-state index is 0.0673. The van der Waals surface area contributed by atoms with E-state index in [1.54, 1.807) is 6.21 Å². The normalized spacial score (nSPS) is 11.0. The SMILES string of the molecule is O=[N+]([O-])c1ccc(NN=Cc2ccccc2P(c2ccccc2)c2ccccc2)c([N+](=O)[O-])c1. The molecule has 0 heterocycles. The van der Waals surface area contributed by atoms with Crippen LogP contribution in [0.1, 0.15) is 5.56 Å². The van der Waals surface area contributed by atoms with Gasteiger partial charge in [0.25, 0.3) is 5.69 Å². The molecule has 0 amide bonds. The molecule has 0 bridgehead atoms. The Morgan fingerprint density at radius 1 is 0.735 bits per heavy atom. The van der Waals surface area contributed by atoms with Crippen molar-refractivity contribution in [3.05, 3.63) is 129 Å². The molecule has 168 valence electrons. The van der Waals surface area contributed by atoms with Crippen molar-refractivity contribution in [2.24, 2.45) is 5.10 Å². The molecule has 8 nitrogen and oxygen atoms in total. The third-order valence-corrected chi connectivity index (χ3v) is 7.50. The average molecular weight is 470 g/mol. The number of nitro benzene ring substituents is 2. The van der Waals surface area contributed by atoms with Crippen molar-refractivity contribution >= 4 is 47.1 Å². The van der Waals surface area contributed by atoms with Gasteiger partial charge >= 0.3 is 5.69 Å². The number of rotatable bonds is 8. The Morgan fingerprint density at radius 3 is 1.91 bits per heavy atom. The molecule has 4 aromatic rings. The number of non-ortho nitro benzene ring substituents is 1. The van der Waals surface area contributed by atoms with E-state index in [0.717, 1.165) is 16.9 Å². The fourth-order valence-electron chi connectivity index (χ4n) is 3.43. The molecule has 0 atom stereocenters. The molecule has 0 aromatic heterocycles. The molecule has 4 rings (SSSR count). The summed E-state index contributed by atoms with van der Waals surface area (Å²) < 4.78 is 0. The Kier molecular flexibility index (Phi) is 7.01. The van der Waals surface area contributed by atoms with Crippen LogP contribution in [0, 0.1) is 20.2 Å². The van der Waals surface area contributed by atoms with Crippen molar-refractivity contribution in [2.45, 2.75) is 0 Å². The summed E-state index contributed by atoms with van der Waals surface area (Å²) in [7, 11) is -0.868. The zero-order valence-corrected chi connectivity index (χ0v) is 18.7. The Labute approximate surface area is 196 Å². The van der Waals surface area contributed by atoms with Crippen LogP contribution in [-0.4, -0.2) is 16.1 Å². The average Bonchev–Trinajstić information content (AvgIpc) is 2.86. The van der Waals surface area contributed by atoms with Gasteiger partial charge in [0.2, 0.25) is 0 Å². The van der Waals surface area contributed by atoms with Gasteiger partial charge in [-0.25, -0.2) is 0 Å². The van der Waals surface area contributed by atoms with Gasteiger partial charge in [-0.3, -0.25) is 25.7 Å². The van der Waals surface area contributed by atoms with Gasteiger partial charge in [-0.1, -0.05) is 84.9 Å². The molecule has 0 radical (unpaired) electrons. The van der Waals surface area contributed by atoms with E-state index in [9.17, 15) is 20.2 Å². The predicted molar refractivity (Wildman–Crippen MR) is 136 cm³/mol.